The van der Waals surface area contributed by atoms with Crippen LogP contribution in [0.4, 0.5) is 8.78 Å². The molecule has 1 aromatic heterocycles. The maximum atomic E-state index is 12.7. The van der Waals surface area contributed by atoms with Crippen molar-refractivity contribution in [1.82, 2.24) is 4.98 Å². The van der Waals surface area contributed by atoms with E-state index in [1.165, 1.54) is 7.11 Å². The molecule has 0 aromatic carbocycles. The van der Waals surface area contributed by atoms with Crippen LogP contribution in [0.1, 0.15) is 30.3 Å². The molecule has 1 aromatic rings. The minimum Gasteiger partial charge on any atom is -0.496 e. The van der Waals surface area contributed by atoms with Gasteiger partial charge in [0.1, 0.15) is 11.4 Å². The monoisotopic (exact) mass is 293 g/mol. The number of halogens is 3. The Morgan fingerprint density at radius 1 is 1.53 bits per heavy atom. The third-order valence-corrected chi connectivity index (χ3v) is 2.64. The van der Waals surface area contributed by atoms with Crippen molar-refractivity contribution in [3.63, 3.8) is 0 Å². The molecule has 0 aliphatic rings. The molecular formula is C12H14ClF2NO3. The zero-order chi connectivity index (χ0) is 14.4. The van der Waals surface area contributed by atoms with Crippen molar-refractivity contribution in [2.24, 2.45) is 0 Å². The Labute approximate surface area is 114 Å². The van der Waals surface area contributed by atoms with Crippen LogP contribution in [0.2, 0.25) is 0 Å². The molecule has 0 fully saturated rings. The second-order valence-electron chi connectivity index (χ2n) is 3.59. The third-order valence-electron chi connectivity index (χ3n) is 2.39. The van der Waals surface area contributed by atoms with Crippen molar-refractivity contribution in [1.29, 1.82) is 0 Å². The van der Waals surface area contributed by atoms with E-state index >= 15 is 0 Å². The normalized spacial score (nSPS) is 10.6. The van der Waals surface area contributed by atoms with Crippen LogP contribution in [0.25, 0.3) is 0 Å². The molecule has 0 spiro atoms. The SMILES string of the molecule is CCOC(=O)Cc1c(OC)cc(C(F)F)nc1CCl. The Bertz CT molecular complexity index is 430. The lowest BCUT2D eigenvalue weighted by molar-refractivity contribution is -0.142. The van der Waals surface area contributed by atoms with E-state index in [-0.39, 0.29) is 30.4 Å². The molecule has 0 amide bonds. The standard InChI is InChI=1S/C12H14ClF2NO3/c1-3-19-11(17)4-7-9(6-13)16-8(12(14)15)5-10(7)18-2/h5,12H,3-4,6H2,1-2H3. The summed E-state index contributed by atoms with van der Waals surface area (Å²) >= 11 is 5.68. The Hall–Kier alpha value is -1.43. The highest BCUT2D eigenvalue weighted by atomic mass is 35.5. The predicted molar refractivity (Wildman–Crippen MR) is 65.6 cm³/mol. The summed E-state index contributed by atoms with van der Waals surface area (Å²) in [6.07, 6.45) is -2.84. The highest BCUT2D eigenvalue weighted by molar-refractivity contribution is 6.17. The van der Waals surface area contributed by atoms with E-state index in [4.69, 9.17) is 21.1 Å². The van der Waals surface area contributed by atoms with Crippen molar-refractivity contribution in [3.8, 4) is 5.75 Å². The van der Waals surface area contributed by atoms with Crippen LogP contribution in [0.5, 0.6) is 5.75 Å². The van der Waals surface area contributed by atoms with Gasteiger partial charge in [0, 0.05) is 11.6 Å². The summed E-state index contributed by atoms with van der Waals surface area (Å²) in [5, 5.41) is 0. The Balaban J connectivity index is 3.17. The van der Waals surface area contributed by atoms with Crippen molar-refractivity contribution >= 4 is 17.6 Å². The first-order valence-corrected chi connectivity index (χ1v) is 6.13. The van der Waals surface area contributed by atoms with Crippen molar-refractivity contribution in [2.75, 3.05) is 13.7 Å². The van der Waals surface area contributed by atoms with Gasteiger partial charge in [-0.15, -0.1) is 11.6 Å². The highest BCUT2D eigenvalue weighted by Crippen LogP contribution is 2.28. The second-order valence-corrected chi connectivity index (χ2v) is 3.86. The van der Waals surface area contributed by atoms with Crippen LogP contribution in [-0.2, 0) is 21.8 Å². The van der Waals surface area contributed by atoms with Crippen LogP contribution in [0, 0.1) is 0 Å². The number of aromatic nitrogens is 1. The molecule has 1 heterocycles. The van der Waals surface area contributed by atoms with E-state index in [1.807, 2.05) is 0 Å². The van der Waals surface area contributed by atoms with Gasteiger partial charge in [-0.05, 0) is 6.92 Å². The van der Waals surface area contributed by atoms with Crippen LogP contribution in [0.15, 0.2) is 6.07 Å². The number of methoxy groups -OCH3 is 1. The number of rotatable bonds is 6. The summed E-state index contributed by atoms with van der Waals surface area (Å²) in [6.45, 7) is 1.91. The number of nitrogens with zero attached hydrogens (tertiary/aromatic N) is 1. The first-order valence-electron chi connectivity index (χ1n) is 5.59. The van der Waals surface area contributed by atoms with Gasteiger partial charge in [-0.25, -0.2) is 8.78 Å². The first kappa shape index (κ1) is 15.6. The number of carbonyl (C=O) groups is 1. The predicted octanol–water partition coefficient (Wildman–Crippen LogP) is 2.87. The van der Waals surface area contributed by atoms with Gasteiger partial charge in [0.15, 0.2) is 0 Å². The fourth-order valence-corrected chi connectivity index (χ4v) is 1.79. The molecule has 0 radical (unpaired) electrons. The molecule has 19 heavy (non-hydrogen) atoms. The van der Waals surface area contributed by atoms with E-state index in [1.54, 1.807) is 6.92 Å². The molecule has 106 valence electrons. The number of alkyl halides is 3. The number of esters is 1. The molecule has 0 bridgehead atoms. The van der Waals surface area contributed by atoms with Crippen LogP contribution >= 0.6 is 11.6 Å². The molecule has 0 N–H and O–H groups in total. The molecule has 0 saturated carbocycles. The lowest BCUT2D eigenvalue weighted by Crippen LogP contribution is -2.12. The van der Waals surface area contributed by atoms with E-state index < -0.39 is 18.1 Å². The molecule has 0 aliphatic carbocycles. The molecule has 7 heteroatoms. The third kappa shape index (κ3) is 4.02. The molecule has 0 aliphatic heterocycles. The van der Waals surface area contributed by atoms with Gasteiger partial charge in [-0.2, -0.15) is 0 Å². The van der Waals surface area contributed by atoms with Gasteiger partial charge in [-0.3, -0.25) is 9.78 Å². The molecule has 0 saturated heterocycles. The minimum atomic E-state index is -2.73. The van der Waals surface area contributed by atoms with Gasteiger partial charge >= 0.3 is 5.97 Å². The largest absolute Gasteiger partial charge is 0.496 e. The van der Waals surface area contributed by atoms with Crippen LogP contribution < -0.4 is 4.74 Å². The van der Waals surface area contributed by atoms with Crippen LogP contribution in [-0.4, -0.2) is 24.7 Å². The lowest BCUT2D eigenvalue weighted by Gasteiger charge is -2.13. The summed E-state index contributed by atoms with van der Waals surface area (Å²) in [6, 6.07) is 1.11. The van der Waals surface area contributed by atoms with Gasteiger partial charge in [0.05, 0.1) is 31.7 Å². The number of hydrogen-bond donors (Lipinski definition) is 0. The quantitative estimate of drug-likeness (QED) is 0.598. The zero-order valence-corrected chi connectivity index (χ0v) is 11.3. The average Bonchev–Trinajstić information content (AvgIpc) is 2.38. The molecule has 0 unspecified atom stereocenters. The van der Waals surface area contributed by atoms with Crippen molar-refractivity contribution in [2.45, 2.75) is 25.7 Å². The number of ether oxygens (including phenoxy) is 2. The number of hydrogen-bond acceptors (Lipinski definition) is 4. The first-order chi connectivity index (χ1) is 9.03. The Kier molecular flexibility index (Phi) is 5.95. The van der Waals surface area contributed by atoms with Gasteiger partial charge in [0.2, 0.25) is 0 Å². The minimum absolute atomic E-state index is 0.0916. The smallest absolute Gasteiger partial charge is 0.310 e. The lowest BCUT2D eigenvalue weighted by atomic mass is 10.1. The Morgan fingerprint density at radius 2 is 2.21 bits per heavy atom. The highest BCUT2D eigenvalue weighted by Gasteiger charge is 2.20. The molecule has 1 rings (SSSR count). The zero-order valence-electron chi connectivity index (χ0n) is 10.6. The fraction of sp³-hybridized carbons (Fsp3) is 0.500. The topological polar surface area (TPSA) is 48.4 Å². The summed E-state index contributed by atoms with van der Waals surface area (Å²) < 4.78 is 35.2. The van der Waals surface area contributed by atoms with E-state index in [0.29, 0.717) is 5.56 Å². The van der Waals surface area contributed by atoms with E-state index in [0.717, 1.165) is 6.07 Å². The fourth-order valence-electron chi connectivity index (χ4n) is 1.57. The van der Waals surface area contributed by atoms with E-state index in [2.05, 4.69) is 4.98 Å². The average molecular weight is 294 g/mol. The van der Waals surface area contributed by atoms with Gasteiger partial charge < -0.3 is 9.47 Å². The molecular weight excluding hydrogens is 280 g/mol. The van der Waals surface area contributed by atoms with E-state index in [9.17, 15) is 13.6 Å². The molecule has 4 nitrogen and oxygen atoms in total. The van der Waals surface area contributed by atoms with Gasteiger partial charge in [-0.1, -0.05) is 0 Å². The number of carbonyl (C=O) groups excluding carboxylic acids is 1. The Morgan fingerprint density at radius 3 is 2.68 bits per heavy atom. The summed E-state index contributed by atoms with van der Waals surface area (Å²) in [7, 11) is 1.33. The van der Waals surface area contributed by atoms with Gasteiger partial charge in [0.25, 0.3) is 6.43 Å². The van der Waals surface area contributed by atoms with Crippen LogP contribution in [0.3, 0.4) is 0 Å². The van der Waals surface area contributed by atoms with Crippen molar-refractivity contribution in [3.05, 3.63) is 23.0 Å². The summed E-state index contributed by atoms with van der Waals surface area (Å²) in [4.78, 5) is 15.2. The number of pyridine rings is 1. The summed E-state index contributed by atoms with van der Waals surface area (Å²) in [5.41, 5.74) is 0.143. The maximum absolute atomic E-state index is 12.7. The molecule has 0 atom stereocenters. The second kappa shape index (κ2) is 7.23. The maximum Gasteiger partial charge on any atom is 0.310 e. The van der Waals surface area contributed by atoms with Crippen molar-refractivity contribution < 1.29 is 23.0 Å². The summed E-state index contributed by atoms with van der Waals surface area (Å²) in [5.74, 6) is -0.418.